The number of aliphatic hydroxyl groups excluding tert-OH is 1. The molecule has 0 saturated carbocycles. The van der Waals surface area contributed by atoms with Crippen LogP contribution in [0.5, 0.6) is 5.88 Å². The molecule has 15 heteroatoms. The summed E-state index contributed by atoms with van der Waals surface area (Å²) in [6.45, 7) is 5.00. The monoisotopic (exact) mass is 501 g/mol. The van der Waals surface area contributed by atoms with Gasteiger partial charge in [-0.15, -0.1) is 0 Å². The predicted octanol–water partition coefficient (Wildman–Crippen LogP) is 1.19. The van der Waals surface area contributed by atoms with E-state index in [0.717, 1.165) is 0 Å². The van der Waals surface area contributed by atoms with Gasteiger partial charge in [-0.1, -0.05) is 6.92 Å². The van der Waals surface area contributed by atoms with E-state index < -0.39 is 38.3 Å². The highest BCUT2D eigenvalue weighted by molar-refractivity contribution is 7.48. The summed E-state index contributed by atoms with van der Waals surface area (Å²) in [5, 5.41) is 10.9. The van der Waals surface area contributed by atoms with Gasteiger partial charge in [0, 0.05) is 0 Å². The summed E-state index contributed by atoms with van der Waals surface area (Å²) in [6.07, 6.45) is -2.51. The first-order chi connectivity index (χ1) is 16.1. The Hall–Kier alpha value is -2.35. The van der Waals surface area contributed by atoms with E-state index in [2.05, 4.69) is 15.0 Å². The standard InChI is InChI=1S/C19H28N5O9P/c1-9(2)31-18(26)10(3)5-6-29-34(27)30-7-11-14(33-34)13(25)17(32-11)24-8-21-12-15(24)22-19(20)23-16(12)28-4/h8-11,13-14,17,25H,5-7H2,1-4H3,(H2,20,22,23)/t10-,11-,13+,14-,17-,34-/m1/s1. The number of nitrogen functional groups attached to an aromatic ring is 1. The number of ether oxygens (including phenoxy) is 3. The van der Waals surface area contributed by atoms with E-state index in [-0.39, 0.29) is 49.2 Å². The van der Waals surface area contributed by atoms with Crippen molar-refractivity contribution in [3.8, 4) is 5.88 Å². The van der Waals surface area contributed by atoms with Gasteiger partial charge < -0.3 is 25.1 Å². The summed E-state index contributed by atoms with van der Waals surface area (Å²) in [5.41, 5.74) is 6.37. The molecular formula is C19H28N5O9P. The number of hydrogen-bond donors (Lipinski definition) is 2. The molecule has 3 N–H and O–H groups in total. The van der Waals surface area contributed by atoms with E-state index in [1.54, 1.807) is 20.8 Å². The fourth-order valence-corrected chi connectivity index (χ4v) is 5.08. The Morgan fingerprint density at radius 2 is 2.15 bits per heavy atom. The van der Waals surface area contributed by atoms with Gasteiger partial charge in [0.1, 0.15) is 18.3 Å². The van der Waals surface area contributed by atoms with Crippen molar-refractivity contribution in [2.75, 3.05) is 26.1 Å². The zero-order valence-corrected chi connectivity index (χ0v) is 20.1. The second-order valence-corrected chi connectivity index (χ2v) is 9.91. The first-order valence-electron chi connectivity index (χ1n) is 10.8. The molecule has 0 radical (unpaired) electrons. The molecule has 14 nitrogen and oxygen atoms in total. The van der Waals surface area contributed by atoms with Crippen LogP contribution in [0.25, 0.3) is 11.2 Å². The molecule has 34 heavy (non-hydrogen) atoms. The highest BCUT2D eigenvalue weighted by Crippen LogP contribution is 2.56. The lowest BCUT2D eigenvalue weighted by molar-refractivity contribution is -0.152. The largest absolute Gasteiger partial charge is 0.479 e. The molecule has 2 saturated heterocycles. The van der Waals surface area contributed by atoms with Crippen molar-refractivity contribution in [1.82, 2.24) is 19.5 Å². The minimum Gasteiger partial charge on any atom is -0.479 e. The third-order valence-electron chi connectivity index (χ3n) is 5.39. The lowest BCUT2D eigenvalue weighted by Gasteiger charge is -2.30. The number of carbonyl (C=O) groups is 1. The maximum absolute atomic E-state index is 13.0. The molecule has 6 atom stereocenters. The molecule has 0 spiro atoms. The van der Waals surface area contributed by atoms with Crippen LogP contribution in [0.3, 0.4) is 0 Å². The van der Waals surface area contributed by atoms with Gasteiger partial charge in [0.2, 0.25) is 11.8 Å². The first kappa shape index (κ1) is 24.8. The van der Waals surface area contributed by atoms with Crippen LogP contribution in [0.2, 0.25) is 0 Å². The summed E-state index contributed by atoms with van der Waals surface area (Å²) < 4.78 is 46.8. The number of aromatic nitrogens is 4. The van der Waals surface area contributed by atoms with E-state index >= 15 is 0 Å². The molecule has 2 aromatic heterocycles. The summed E-state index contributed by atoms with van der Waals surface area (Å²) in [5.74, 6) is -0.703. The Kier molecular flexibility index (Phi) is 7.08. The molecule has 0 unspecified atom stereocenters. The number of esters is 1. The van der Waals surface area contributed by atoms with E-state index in [0.29, 0.717) is 5.52 Å². The fraction of sp³-hybridized carbons (Fsp3) is 0.684. The Balaban J connectivity index is 1.42. The van der Waals surface area contributed by atoms with Gasteiger partial charge in [-0.2, -0.15) is 9.97 Å². The van der Waals surface area contributed by atoms with Gasteiger partial charge in [-0.25, -0.2) is 9.55 Å². The van der Waals surface area contributed by atoms with Gasteiger partial charge in [0.15, 0.2) is 17.4 Å². The summed E-state index contributed by atoms with van der Waals surface area (Å²) >= 11 is 0. The zero-order valence-electron chi connectivity index (χ0n) is 19.2. The minimum absolute atomic E-state index is 0.0417. The van der Waals surface area contributed by atoms with Crippen molar-refractivity contribution in [3.63, 3.8) is 0 Å². The third-order valence-corrected chi connectivity index (χ3v) is 6.85. The van der Waals surface area contributed by atoms with Gasteiger partial charge in [-0.05, 0) is 20.3 Å². The molecule has 0 aliphatic carbocycles. The van der Waals surface area contributed by atoms with Crippen LogP contribution in [0.1, 0.15) is 33.4 Å². The molecular weight excluding hydrogens is 473 g/mol. The van der Waals surface area contributed by atoms with Crippen LogP contribution in [-0.4, -0.2) is 75.3 Å². The zero-order chi connectivity index (χ0) is 24.6. The second-order valence-electron chi connectivity index (χ2n) is 8.29. The molecule has 4 rings (SSSR count). The highest BCUT2D eigenvalue weighted by Gasteiger charge is 2.53. The van der Waals surface area contributed by atoms with Crippen molar-refractivity contribution in [1.29, 1.82) is 0 Å². The number of rotatable bonds is 8. The van der Waals surface area contributed by atoms with Crippen LogP contribution in [0, 0.1) is 5.92 Å². The van der Waals surface area contributed by atoms with Gasteiger partial charge in [0.05, 0.1) is 38.7 Å². The lowest BCUT2D eigenvalue weighted by atomic mass is 10.1. The van der Waals surface area contributed by atoms with Gasteiger partial charge in [-0.3, -0.25) is 22.9 Å². The maximum Gasteiger partial charge on any atom is 0.475 e. The number of fused-ring (bicyclic) bond motifs is 2. The van der Waals surface area contributed by atoms with E-state index in [9.17, 15) is 14.5 Å². The Morgan fingerprint density at radius 3 is 2.85 bits per heavy atom. The fourth-order valence-electron chi connectivity index (χ4n) is 3.67. The summed E-state index contributed by atoms with van der Waals surface area (Å²) in [4.78, 5) is 24.3. The Labute approximate surface area is 195 Å². The van der Waals surface area contributed by atoms with Gasteiger partial charge in [0.25, 0.3) is 0 Å². The number of imidazole rings is 1. The average molecular weight is 501 g/mol. The lowest BCUT2D eigenvalue weighted by Crippen LogP contribution is -2.39. The smallest absolute Gasteiger partial charge is 0.475 e. The van der Waals surface area contributed by atoms with Gasteiger partial charge >= 0.3 is 13.8 Å². The Morgan fingerprint density at radius 1 is 1.38 bits per heavy atom. The van der Waals surface area contributed by atoms with Crippen molar-refractivity contribution in [2.45, 2.75) is 57.8 Å². The third kappa shape index (κ3) is 4.88. The van der Waals surface area contributed by atoms with Crippen LogP contribution >= 0.6 is 7.82 Å². The summed E-state index contributed by atoms with van der Waals surface area (Å²) in [6, 6.07) is 0. The topological polar surface area (TPSA) is 179 Å². The second kappa shape index (κ2) is 9.72. The number of nitrogens with two attached hydrogens (primary N) is 1. The predicted molar refractivity (Wildman–Crippen MR) is 116 cm³/mol. The quantitative estimate of drug-likeness (QED) is 0.389. The van der Waals surface area contributed by atoms with Crippen LogP contribution in [0.15, 0.2) is 6.33 Å². The first-order valence-corrected chi connectivity index (χ1v) is 12.2. The number of anilines is 1. The minimum atomic E-state index is -3.99. The molecule has 188 valence electrons. The molecule has 2 aliphatic rings. The number of aliphatic hydroxyl groups is 1. The van der Waals surface area contributed by atoms with Crippen molar-refractivity contribution < 1.29 is 42.2 Å². The van der Waals surface area contributed by atoms with Crippen molar-refractivity contribution in [2.24, 2.45) is 5.92 Å². The molecule has 4 heterocycles. The number of methoxy groups -OCH3 is 1. The number of carbonyl (C=O) groups excluding carboxylic acids is 1. The van der Waals surface area contributed by atoms with Crippen LogP contribution in [0.4, 0.5) is 5.95 Å². The number of nitrogens with zero attached hydrogens (tertiary/aromatic N) is 4. The number of phosphoric ester groups is 1. The number of phosphoric acid groups is 1. The maximum atomic E-state index is 13.0. The molecule has 2 aromatic rings. The van der Waals surface area contributed by atoms with E-state index in [4.69, 9.17) is 33.5 Å². The van der Waals surface area contributed by atoms with Crippen LogP contribution < -0.4 is 10.5 Å². The van der Waals surface area contributed by atoms with E-state index in [1.807, 2.05) is 0 Å². The molecule has 0 aromatic carbocycles. The highest BCUT2D eigenvalue weighted by atomic mass is 31.2. The SMILES string of the molecule is COc1nc(N)nc2c1ncn2[C@@H]1O[C@@H]2CO[P@@](=O)(OCC[C@@H](C)C(=O)OC(C)C)O[C@H]2[C@@H]1O. The van der Waals surface area contributed by atoms with E-state index in [1.165, 1.54) is 18.0 Å². The van der Waals surface area contributed by atoms with Crippen LogP contribution in [-0.2, 0) is 32.4 Å². The summed E-state index contributed by atoms with van der Waals surface area (Å²) in [7, 11) is -2.57. The number of hydrogen-bond acceptors (Lipinski definition) is 13. The normalized spacial score (nSPS) is 29.8. The van der Waals surface area contributed by atoms with Crippen molar-refractivity contribution >= 4 is 30.9 Å². The average Bonchev–Trinajstić information content (AvgIpc) is 3.33. The molecule has 2 aliphatic heterocycles. The molecule has 0 bridgehead atoms. The molecule has 2 fully saturated rings. The molecule has 0 amide bonds. The van der Waals surface area contributed by atoms with Crippen molar-refractivity contribution in [3.05, 3.63) is 6.33 Å². The Bertz CT molecular complexity index is 1100.